The summed E-state index contributed by atoms with van der Waals surface area (Å²) in [4.78, 5) is 2.51. The first-order chi connectivity index (χ1) is 7.34. The topological polar surface area (TPSA) is 12.5 Å². The van der Waals surface area contributed by atoms with Crippen molar-refractivity contribution in [1.29, 1.82) is 0 Å². The Bertz CT molecular complexity index is 376. The molecule has 1 aromatic rings. The van der Waals surface area contributed by atoms with E-state index in [-0.39, 0.29) is 0 Å². The van der Waals surface area contributed by atoms with E-state index in [1.165, 1.54) is 35.1 Å². The number of hydrogen-bond donors (Lipinski definition) is 0. The summed E-state index contributed by atoms with van der Waals surface area (Å²) in [6.45, 7) is 2.97. The minimum atomic E-state index is 0.610. The molecule has 2 aliphatic heterocycles. The van der Waals surface area contributed by atoms with E-state index in [2.05, 4.69) is 39.0 Å². The van der Waals surface area contributed by atoms with Gasteiger partial charge in [-0.1, -0.05) is 22.0 Å². The van der Waals surface area contributed by atoms with Crippen LogP contribution in [-0.4, -0.2) is 25.8 Å². The Labute approximate surface area is 98.4 Å². The molecule has 2 aliphatic rings. The lowest BCUT2D eigenvalue weighted by Crippen LogP contribution is -2.51. The Morgan fingerprint density at radius 1 is 1.33 bits per heavy atom. The molecule has 1 saturated heterocycles. The van der Waals surface area contributed by atoms with Crippen LogP contribution in [0.5, 0.6) is 0 Å². The molecule has 0 unspecified atom stereocenters. The summed E-state index contributed by atoms with van der Waals surface area (Å²) in [5.41, 5.74) is 2.89. The lowest BCUT2D eigenvalue weighted by Gasteiger charge is -2.42. The Kier molecular flexibility index (Phi) is 2.45. The van der Waals surface area contributed by atoms with Crippen molar-refractivity contribution in [2.45, 2.75) is 18.9 Å². The van der Waals surface area contributed by atoms with E-state index in [1.807, 2.05) is 0 Å². The number of ether oxygens (including phenoxy) is 1. The number of nitrogens with zero attached hydrogens (tertiary/aromatic N) is 1. The second kappa shape index (κ2) is 3.80. The number of hydrogen-bond acceptors (Lipinski definition) is 2. The quantitative estimate of drug-likeness (QED) is 0.776. The maximum absolute atomic E-state index is 5.28. The normalized spacial score (nSPS) is 21.0. The van der Waals surface area contributed by atoms with Gasteiger partial charge in [0, 0.05) is 16.7 Å². The van der Waals surface area contributed by atoms with Gasteiger partial charge in [0.05, 0.1) is 19.3 Å². The first kappa shape index (κ1) is 9.67. The number of aryl methyl sites for hydroxylation is 1. The molecule has 0 amide bonds. The van der Waals surface area contributed by atoms with Crippen LogP contribution in [0.1, 0.15) is 12.0 Å². The molecule has 0 N–H and O–H groups in total. The molecule has 0 aromatic heterocycles. The van der Waals surface area contributed by atoms with E-state index in [9.17, 15) is 0 Å². The van der Waals surface area contributed by atoms with Crippen LogP contribution in [-0.2, 0) is 11.2 Å². The zero-order chi connectivity index (χ0) is 10.3. The van der Waals surface area contributed by atoms with E-state index in [1.54, 1.807) is 0 Å². The molecule has 0 radical (unpaired) electrons. The van der Waals surface area contributed by atoms with E-state index >= 15 is 0 Å². The van der Waals surface area contributed by atoms with Gasteiger partial charge < -0.3 is 9.64 Å². The maximum atomic E-state index is 5.28. The third-order valence-electron chi connectivity index (χ3n) is 3.26. The van der Waals surface area contributed by atoms with Gasteiger partial charge in [0.25, 0.3) is 0 Å². The minimum absolute atomic E-state index is 0.610. The van der Waals surface area contributed by atoms with Crippen LogP contribution < -0.4 is 4.90 Å². The molecule has 2 nitrogen and oxygen atoms in total. The van der Waals surface area contributed by atoms with Crippen LogP contribution in [0.25, 0.3) is 0 Å². The predicted molar refractivity (Wildman–Crippen MR) is 64.4 cm³/mol. The summed E-state index contributed by atoms with van der Waals surface area (Å²) in [7, 11) is 0. The lowest BCUT2D eigenvalue weighted by atomic mass is 9.99. The molecular weight excluding hydrogens is 254 g/mol. The predicted octanol–water partition coefficient (Wildman–Crippen LogP) is 2.60. The number of benzene rings is 1. The molecule has 0 saturated carbocycles. The molecule has 0 bridgehead atoms. The van der Waals surface area contributed by atoms with Crippen LogP contribution in [0, 0.1) is 0 Å². The van der Waals surface area contributed by atoms with Crippen LogP contribution in [0.3, 0.4) is 0 Å². The van der Waals surface area contributed by atoms with Crippen LogP contribution in [0.4, 0.5) is 5.69 Å². The van der Waals surface area contributed by atoms with Gasteiger partial charge in [0.15, 0.2) is 0 Å². The minimum Gasteiger partial charge on any atom is -0.377 e. The van der Waals surface area contributed by atoms with Gasteiger partial charge >= 0.3 is 0 Å². The highest BCUT2D eigenvalue weighted by Crippen LogP contribution is 2.32. The van der Waals surface area contributed by atoms with Crippen LogP contribution >= 0.6 is 15.9 Å². The molecule has 1 fully saturated rings. The zero-order valence-corrected chi connectivity index (χ0v) is 10.2. The van der Waals surface area contributed by atoms with Gasteiger partial charge in [0.2, 0.25) is 0 Å². The number of fused-ring (bicyclic) bond motifs is 1. The average molecular weight is 268 g/mol. The van der Waals surface area contributed by atoms with Gasteiger partial charge in [-0.05, 0) is 30.5 Å². The third kappa shape index (κ3) is 1.68. The van der Waals surface area contributed by atoms with Gasteiger partial charge in [-0.3, -0.25) is 0 Å². The van der Waals surface area contributed by atoms with Crippen molar-refractivity contribution in [3.8, 4) is 0 Å². The Morgan fingerprint density at radius 3 is 2.93 bits per heavy atom. The number of halogens is 1. The van der Waals surface area contributed by atoms with Crippen molar-refractivity contribution >= 4 is 21.6 Å². The third-order valence-corrected chi connectivity index (χ3v) is 3.76. The fourth-order valence-corrected chi connectivity index (χ4v) is 2.71. The fourth-order valence-electron chi connectivity index (χ4n) is 2.36. The molecule has 1 aromatic carbocycles. The summed E-state index contributed by atoms with van der Waals surface area (Å²) in [6, 6.07) is 7.23. The van der Waals surface area contributed by atoms with Gasteiger partial charge in [0.1, 0.15) is 0 Å². The molecular formula is C12H14BrNO. The number of anilines is 1. The molecule has 3 rings (SSSR count). The Morgan fingerprint density at radius 2 is 2.20 bits per heavy atom. The van der Waals surface area contributed by atoms with Crippen LogP contribution in [0.15, 0.2) is 22.7 Å². The summed E-state index contributed by atoms with van der Waals surface area (Å²) in [6.07, 6.45) is 2.48. The molecule has 2 heterocycles. The van der Waals surface area contributed by atoms with E-state index in [0.717, 1.165) is 13.2 Å². The summed E-state index contributed by atoms with van der Waals surface area (Å²) in [5, 5.41) is 0. The Hall–Kier alpha value is -0.540. The first-order valence-corrected chi connectivity index (χ1v) is 6.27. The monoisotopic (exact) mass is 267 g/mol. The maximum Gasteiger partial charge on any atom is 0.0757 e. The Balaban J connectivity index is 1.96. The largest absolute Gasteiger partial charge is 0.377 e. The first-order valence-electron chi connectivity index (χ1n) is 5.47. The second-order valence-corrected chi connectivity index (χ2v) is 5.18. The van der Waals surface area contributed by atoms with E-state index < -0.39 is 0 Å². The highest BCUT2D eigenvalue weighted by atomic mass is 79.9. The van der Waals surface area contributed by atoms with Crippen molar-refractivity contribution in [2.75, 3.05) is 24.7 Å². The van der Waals surface area contributed by atoms with E-state index in [0.29, 0.717) is 6.04 Å². The summed E-state index contributed by atoms with van der Waals surface area (Å²) in [5.74, 6) is 0. The van der Waals surface area contributed by atoms with Crippen molar-refractivity contribution in [1.82, 2.24) is 0 Å². The van der Waals surface area contributed by atoms with Gasteiger partial charge in [-0.25, -0.2) is 0 Å². The van der Waals surface area contributed by atoms with Crippen LogP contribution in [0.2, 0.25) is 0 Å². The molecule has 3 heteroatoms. The molecule has 0 atom stereocenters. The van der Waals surface area contributed by atoms with Gasteiger partial charge in [-0.15, -0.1) is 0 Å². The SMILES string of the molecule is Brc1ccc2c(c1)N(C1COC1)CCC2. The summed E-state index contributed by atoms with van der Waals surface area (Å²) < 4.78 is 6.45. The van der Waals surface area contributed by atoms with Gasteiger partial charge in [-0.2, -0.15) is 0 Å². The van der Waals surface area contributed by atoms with Crippen molar-refractivity contribution < 1.29 is 4.74 Å². The number of rotatable bonds is 1. The molecule has 0 spiro atoms. The molecule has 0 aliphatic carbocycles. The average Bonchev–Trinajstić information content (AvgIpc) is 2.16. The fraction of sp³-hybridized carbons (Fsp3) is 0.500. The second-order valence-electron chi connectivity index (χ2n) is 4.26. The highest BCUT2D eigenvalue weighted by molar-refractivity contribution is 9.10. The zero-order valence-electron chi connectivity index (χ0n) is 8.58. The highest BCUT2D eigenvalue weighted by Gasteiger charge is 2.29. The summed E-state index contributed by atoms with van der Waals surface area (Å²) >= 11 is 3.55. The lowest BCUT2D eigenvalue weighted by molar-refractivity contribution is 0.00756. The molecule has 80 valence electrons. The smallest absolute Gasteiger partial charge is 0.0757 e. The van der Waals surface area contributed by atoms with Crippen molar-refractivity contribution in [3.05, 3.63) is 28.2 Å². The van der Waals surface area contributed by atoms with Crippen molar-refractivity contribution in [2.24, 2.45) is 0 Å². The standard InChI is InChI=1S/C12H14BrNO/c13-10-4-3-9-2-1-5-14(12(9)6-10)11-7-15-8-11/h3-4,6,11H,1-2,5,7-8H2. The van der Waals surface area contributed by atoms with E-state index in [4.69, 9.17) is 4.74 Å². The molecule has 15 heavy (non-hydrogen) atoms. The van der Waals surface area contributed by atoms with Crippen molar-refractivity contribution in [3.63, 3.8) is 0 Å².